The van der Waals surface area contributed by atoms with Crippen molar-refractivity contribution in [2.45, 2.75) is 24.7 Å². The molecule has 2 aromatic rings. The van der Waals surface area contributed by atoms with Crippen LogP contribution in [0.2, 0.25) is 0 Å². The maximum atomic E-state index is 13.0. The Labute approximate surface area is 165 Å². The van der Waals surface area contributed by atoms with Gasteiger partial charge in [0, 0.05) is 24.9 Å². The molecule has 0 atom stereocenters. The van der Waals surface area contributed by atoms with Gasteiger partial charge in [-0.25, -0.2) is 8.42 Å². The van der Waals surface area contributed by atoms with E-state index in [1.165, 1.54) is 29.8 Å². The number of phenols is 1. The second-order valence-electron chi connectivity index (χ2n) is 6.36. The molecule has 8 heteroatoms. The van der Waals surface area contributed by atoms with Crippen molar-refractivity contribution in [1.29, 1.82) is 0 Å². The van der Waals surface area contributed by atoms with Crippen molar-refractivity contribution in [3.63, 3.8) is 0 Å². The van der Waals surface area contributed by atoms with E-state index in [4.69, 9.17) is 9.47 Å². The van der Waals surface area contributed by atoms with Crippen LogP contribution in [0.25, 0.3) is 0 Å². The van der Waals surface area contributed by atoms with Crippen LogP contribution in [0, 0.1) is 0 Å². The Kier molecular flexibility index (Phi) is 6.21. The van der Waals surface area contributed by atoms with E-state index in [-0.39, 0.29) is 10.6 Å². The van der Waals surface area contributed by atoms with Crippen LogP contribution in [0.5, 0.6) is 17.2 Å². The van der Waals surface area contributed by atoms with Crippen LogP contribution in [0.15, 0.2) is 46.3 Å². The van der Waals surface area contributed by atoms with Crippen LogP contribution >= 0.6 is 0 Å². The monoisotopic (exact) mass is 404 g/mol. The van der Waals surface area contributed by atoms with Gasteiger partial charge in [-0.2, -0.15) is 4.31 Å². The van der Waals surface area contributed by atoms with E-state index in [1.807, 2.05) is 6.92 Å². The molecule has 1 saturated heterocycles. The first-order chi connectivity index (χ1) is 13.5. The summed E-state index contributed by atoms with van der Waals surface area (Å²) in [4.78, 5) is 4.45. The zero-order chi connectivity index (χ0) is 20.1. The lowest BCUT2D eigenvalue weighted by molar-refractivity contribution is 0.329. The van der Waals surface area contributed by atoms with Crippen LogP contribution in [0.4, 0.5) is 5.69 Å². The smallest absolute Gasteiger partial charge is 0.246 e. The predicted molar refractivity (Wildman–Crippen MR) is 108 cm³/mol. The van der Waals surface area contributed by atoms with E-state index in [0.29, 0.717) is 42.4 Å². The molecule has 1 N–H and O–H groups in total. The summed E-state index contributed by atoms with van der Waals surface area (Å²) >= 11 is 0. The fraction of sp³-hybridized carbons (Fsp3) is 0.350. The Balaban J connectivity index is 1.97. The molecule has 7 nitrogen and oxygen atoms in total. The number of methoxy groups -OCH3 is 1. The average molecular weight is 404 g/mol. The molecule has 1 fully saturated rings. The number of ether oxygens (including phenoxy) is 2. The maximum absolute atomic E-state index is 13.0. The Morgan fingerprint density at radius 1 is 1.18 bits per heavy atom. The third-order valence-electron chi connectivity index (χ3n) is 4.50. The lowest BCUT2D eigenvalue weighted by Gasteiger charge is -2.18. The van der Waals surface area contributed by atoms with Crippen molar-refractivity contribution >= 4 is 21.9 Å². The number of sulfonamides is 1. The molecule has 1 aliphatic heterocycles. The van der Waals surface area contributed by atoms with Crippen LogP contribution in [0.3, 0.4) is 0 Å². The summed E-state index contributed by atoms with van der Waals surface area (Å²) in [6, 6.07) is 9.61. The van der Waals surface area contributed by atoms with Crippen LogP contribution in [-0.4, -0.2) is 50.9 Å². The second kappa shape index (κ2) is 8.62. The highest BCUT2D eigenvalue weighted by Crippen LogP contribution is 2.32. The normalized spacial score (nSPS) is 15.2. The molecular formula is C20H24N2O5S. The fourth-order valence-electron chi connectivity index (χ4n) is 3.03. The summed E-state index contributed by atoms with van der Waals surface area (Å²) in [5.41, 5.74) is 0.917. The Morgan fingerprint density at radius 2 is 1.93 bits per heavy atom. The minimum atomic E-state index is -3.65. The van der Waals surface area contributed by atoms with Gasteiger partial charge in [-0.05, 0) is 56.2 Å². The van der Waals surface area contributed by atoms with Crippen molar-refractivity contribution < 1.29 is 23.0 Å². The molecule has 150 valence electrons. The first kappa shape index (κ1) is 20.2. The summed E-state index contributed by atoms with van der Waals surface area (Å²) in [7, 11) is -2.11. The van der Waals surface area contributed by atoms with Gasteiger partial charge in [0.2, 0.25) is 10.0 Å². The Morgan fingerprint density at radius 3 is 2.61 bits per heavy atom. The summed E-state index contributed by atoms with van der Waals surface area (Å²) in [6.07, 6.45) is 3.19. The van der Waals surface area contributed by atoms with Gasteiger partial charge in [0.05, 0.1) is 19.4 Å². The van der Waals surface area contributed by atoms with Gasteiger partial charge < -0.3 is 14.6 Å². The second-order valence-corrected chi connectivity index (χ2v) is 8.26. The van der Waals surface area contributed by atoms with E-state index >= 15 is 0 Å². The van der Waals surface area contributed by atoms with Gasteiger partial charge in [-0.3, -0.25) is 4.99 Å². The van der Waals surface area contributed by atoms with E-state index < -0.39 is 10.0 Å². The van der Waals surface area contributed by atoms with Crippen molar-refractivity contribution in [1.82, 2.24) is 4.31 Å². The SMILES string of the molecule is CCOc1ccc(N=Cc2cc(OC)ccc2O)cc1S(=O)(=O)N1CCCC1. The van der Waals surface area contributed by atoms with E-state index in [1.54, 1.807) is 24.3 Å². The highest BCUT2D eigenvalue weighted by atomic mass is 32.2. The van der Waals surface area contributed by atoms with E-state index in [0.717, 1.165) is 12.8 Å². The highest BCUT2D eigenvalue weighted by molar-refractivity contribution is 7.89. The molecule has 1 aliphatic rings. The maximum Gasteiger partial charge on any atom is 0.246 e. The molecule has 28 heavy (non-hydrogen) atoms. The van der Waals surface area contributed by atoms with Crippen LogP contribution in [-0.2, 0) is 10.0 Å². The molecule has 0 unspecified atom stereocenters. The number of nitrogens with zero attached hydrogens (tertiary/aromatic N) is 2. The Bertz CT molecular complexity index is 967. The number of aliphatic imine (C=N–C) groups is 1. The van der Waals surface area contributed by atoms with Crippen LogP contribution < -0.4 is 9.47 Å². The Hall–Kier alpha value is -2.58. The molecular weight excluding hydrogens is 380 g/mol. The topological polar surface area (TPSA) is 88.4 Å². The fourth-order valence-corrected chi connectivity index (χ4v) is 4.70. The number of hydrogen-bond donors (Lipinski definition) is 1. The molecule has 0 spiro atoms. The number of phenolic OH excluding ortho intramolecular Hbond substituents is 1. The summed E-state index contributed by atoms with van der Waals surface area (Å²) in [5.74, 6) is 0.959. The van der Waals surface area contributed by atoms with Crippen molar-refractivity contribution in [2.24, 2.45) is 4.99 Å². The number of hydrogen-bond acceptors (Lipinski definition) is 6. The van der Waals surface area contributed by atoms with Gasteiger partial charge in [-0.15, -0.1) is 0 Å². The van der Waals surface area contributed by atoms with Crippen molar-refractivity contribution in [3.8, 4) is 17.2 Å². The first-order valence-corrected chi connectivity index (χ1v) is 10.6. The number of benzene rings is 2. The minimum absolute atomic E-state index is 0.0559. The largest absolute Gasteiger partial charge is 0.507 e. The van der Waals surface area contributed by atoms with Gasteiger partial charge in [0.1, 0.15) is 22.1 Å². The zero-order valence-corrected chi connectivity index (χ0v) is 16.8. The molecule has 0 saturated carbocycles. The zero-order valence-electron chi connectivity index (χ0n) is 16.0. The summed E-state index contributed by atoms with van der Waals surface area (Å²) in [5, 5.41) is 9.98. The summed E-state index contributed by atoms with van der Waals surface area (Å²) < 4.78 is 38.2. The number of aromatic hydroxyl groups is 1. The average Bonchev–Trinajstić information content (AvgIpc) is 3.24. The standard InChI is InChI=1S/C20H24N2O5S/c1-3-27-19-9-6-16(13-20(19)28(24,25)22-10-4-5-11-22)21-14-15-12-17(26-2)7-8-18(15)23/h6-9,12-14,23H,3-5,10-11H2,1-2H3. The van der Waals surface area contributed by atoms with Gasteiger partial charge in [0.25, 0.3) is 0 Å². The molecule has 0 bridgehead atoms. The first-order valence-electron chi connectivity index (χ1n) is 9.13. The third-order valence-corrected chi connectivity index (χ3v) is 6.42. The molecule has 0 amide bonds. The van der Waals surface area contributed by atoms with Crippen molar-refractivity contribution in [3.05, 3.63) is 42.0 Å². The third kappa shape index (κ3) is 4.28. The van der Waals surface area contributed by atoms with Crippen molar-refractivity contribution in [2.75, 3.05) is 26.8 Å². The molecule has 3 rings (SSSR count). The van der Waals surface area contributed by atoms with E-state index in [2.05, 4.69) is 4.99 Å². The molecule has 0 radical (unpaired) electrons. The summed E-state index contributed by atoms with van der Waals surface area (Å²) in [6.45, 7) is 3.20. The van der Waals surface area contributed by atoms with Gasteiger partial charge in [0.15, 0.2) is 0 Å². The molecule has 0 aliphatic carbocycles. The minimum Gasteiger partial charge on any atom is -0.507 e. The van der Waals surface area contributed by atoms with E-state index in [9.17, 15) is 13.5 Å². The van der Waals surface area contributed by atoms with Gasteiger partial charge in [-0.1, -0.05) is 0 Å². The van der Waals surface area contributed by atoms with Gasteiger partial charge >= 0.3 is 0 Å². The quantitative estimate of drug-likeness (QED) is 0.715. The highest BCUT2D eigenvalue weighted by Gasteiger charge is 2.30. The molecule has 0 aromatic heterocycles. The lowest BCUT2D eigenvalue weighted by Crippen LogP contribution is -2.28. The molecule has 1 heterocycles. The van der Waals surface area contributed by atoms with Crippen LogP contribution in [0.1, 0.15) is 25.3 Å². The molecule has 2 aromatic carbocycles. The number of rotatable bonds is 7. The predicted octanol–water partition coefficient (Wildman–Crippen LogP) is 3.33. The lowest BCUT2D eigenvalue weighted by atomic mass is 10.2.